The van der Waals surface area contributed by atoms with Crippen molar-refractivity contribution in [1.82, 2.24) is 5.32 Å². The van der Waals surface area contributed by atoms with Gasteiger partial charge < -0.3 is 11.1 Å². The van der Waals surface area contributed by atoms with Crippen LogP contribution in [0.5, 0.6) is 0 Å². The number of nitrogens with two attached hydrogens (primary N) is 1. The van der Waals surface area contributed by atoms with E-state index in [1.54, 1.807) is 0 Å². The van der Waals surface area contributed by atoms with E-state index >= 15 is 0 Å². The molecule has 2 aliphatic rings. The van der Waals surface area contributed by atoms with Crippen LogP contribution in [0, 0.1) is 17.8 Å². The smallest absolute Gasteiger partial charge is 0.0693 e. The van der Waals surface area contributed by atoms with Crippen LogP contribution in [-0.4, -0.2) is 6.54 Å². The Morgan fingerprint density at radius 2 is 1.63 bits per heavy atom. The number of hydrogen-bond acceptors (Lipinski definition) is 2. The van der Waals surface area contributed by atoms with Crippen molar-refractivity contribution in [3.63, 3.8) is 0 Å². The van der Waals surface area contributed by atoms with Gasteiger partial charge in [0.15, 0.2) is 0 Å². The third-order valence-corrected chi connectivity index (χ3v) is 4.93. The molecule has 0 atom stereocenters. The van der Waals surface area contributed by atoms with E-state index in [0.29, 0.717) is 15.7 Å². The maximum atomic E-state index is 6.04. The summed E-state index contributed by atoms with van der Waals surface area (Å²) < 4.78 is 0. The topological polar surface area (TPSA) is 38.0 Å². The second kappa shape index (κ2) is 5.51. The Morgan fingerprint density at radius 3 is 2.11 bits per heavy atom. The number of nitrogen functional groups attached to an aromatic ring is 1. The molecule has 0 heterocycles. The Kier molecular flexibility index (Phi) is 3.93. The summed E-state index contributed by atoms with van der Waals surface area (Å²) in [5.74, 6) is 2.86. The summed E-state index contributed by atoms with van der Waals surface area (Å²) in [6.07, 6.45) is 5.73. The molecule has 2 aliphatic carbocycles. The Hall–Kier alpha value is -0.440. The van der Waals surface area contributed by atoms with Gasteiger partial charge in [-0.05, 0) is 67.7 Å². The van der Waals surface area contributed by atoms with Crippen LogP contribution in [0.2, 0.25) is 10.0 Å². The van der Waals surface area contributed by atoms with Crippen molar-refractivity contribution in [3.05, 3.63) is 27.7 Å². The highest BCUT2D eigenvalue weighted by Gasteiger charge is 2.40. The molecule has 3 rings (SSSR count). The number of halogens is 2. The molecule has 3 N–H and O–H groups in total. The van der Waals surface area contributed by atoms with Gasteiger partial charge >= 0.3 is 0 Å². The van der Waals surface area contributed by atoms with E-state index in [-0.39, 0.29) is 0 Å². The molecule has 0 saturated heterocycles. The lowest BCUT2D eigenvalue weighted by molar-refractivity contribution is 0.378. The first kappa shape index (κ1) is 13.5. The monoisotopic (exact) mass is 298 g/mol. The molecule has 0 aliphatic heterocycles. The zero-order valence-corrected chi connectivity index (χ0v) is 12.5. The van der Waals surface area contributed by atoms with Gasteiger partial charge in [-0.2, -0.15) is 0 Å². The molecule has 104 valence electrons. The molecule has 0 spiro atoms. The van der Waals surface area contributed by atoms with E-state index in [1.807, 2.05) is 12.1 Å². The number of rotatable bonds is 6. The predicted molar refractivity (Wildman–Crippen MR) is 81.5 cm³/mol. The Morgan fingerprint density at radius 1 is 1.11 bits per heavy atom. The summed E-state index contributed by atoms with van der Waals surface area (Å²) in [5.41, 5.74) is 7.32. The largest absolute Gasteiger partial charge is 0.396 e. The quantitative estimate of drug-likeness (QED) is 0.776. The molecule has 2 saturated carbocycles. The molecule has 0 radical (unpaired) electrons. The number of nitrogens with one attached hydrogen (secondary N) is 1. The zero-order chi connectivity index (χ0) is 13.4. The minimum Gasteiger partial charge on any atom is -0.396 e. The van der Waals surface area contributed by atoms with E-state index in [0.717, 1.165) is 36.4 Å². The Bertz CT molecular complexity index is 432. The van der Waals surface area contributed by atoms with Gasteiger partial charge in [-0.25, -0.2) is 0 Å². The van der Waals surface area contributed by atoms with Crippen molar-refractivity contribution in [2.45, 2.75) is 32.2 Å². The second-order valence-corrected chi connectivity index (χ2v) is 6.76. The fraction of sp³-hybridized carbons (Fsp3) is 0.600. The van der Waals surface area contributed by atoms with Crippen LogP contribution >= 0.6 is 23.2 Å². The average Bonchev–Trinajstić information content (AvgIpc) is 3.25. The van der Waals surface area contributed by atoms with Crippen molar-refractivity contribution in [2.24, 2.45) is 17.8 Å². The fourth-order valence-corrected chi connectivity index (χ4v) is 3.42. The standard InChI is InChI=1S/C15H20Cl2N2/c16-13-5-9(6-14(17)15(13)18)7-19-8-12(10-1-2-10)11-3-4-11/h5-6,10-12,19H,1-4,7-8,18H2. The minimum absolute atomic E-state index is 0.473. The fourth-order valence-electron chi connectivity index (χ4n) is 2.89. The molecule has 0 bridgehead atoms. The third kappa shape index (κ3) is 3.36. The highest BCUT2D eigenvalue weighted by molar-refractivity contribution is 6.38. The lowest BCUT2D eigenvalue weighted by Gasteiger charge is -2.16. The number of benzene rings is 1. The van der Waals surface area contributed by atoms with Gasteiger partial charge in [0.05, 0.1) is 15.7 Å². The van der Waals surface area contributed by atoms with Crippen molar-refractivity contribution in [1.29, 1.82) is 0 Å². The van der Waals surface area contributed by atoms with E-state index in [4.69, 9.17) is 28.9 Å². The van der Waals surface area contributed by atoms with Crippen LogP contribution in [0.4, 0.5) is 5.69 Å². The van der Waals surface area contributed by atoms with Crippen LogP contribution in [0.15, 0.2) is 12.1 Å². The molecule has 1 aromatic carbocycles. The molecule has 4 heteroatoms. The molecular weight excluding hydrogens is 279 g/mol. The number of anilines is 1. The molecule has 2 fully saturated rings. The van der Waals surface area contributed by atoms with Crippen LogP contribution in [-0.2, 0) is 6.54 Å². The maximum Gasteiger partial charge on any atom is 0.0693 e. The van der Waals surface area contributed by atoms with Crippen LogP contribution in [0.25, 0.3) is 0 Å². The Labute approximate surface area is 124 Å². The lowest BCUT2D eigenvalue weighted by atomic mass is 9.98. The molecular formula is C15H20Cl2N2. The maximum absolute atomic E-state index is 6.04. The highest BCUT2D eigenvalue weighted by Crippen LogP contribution is 2.48. The van der Waals surface area contributed by atoms with Crippen molar-refractivity contribution in [3.8, 4) is 0 Å². The predicted octanol–water partition coefficient (Wildman–Crippen LogP) is 4.10. The van der Waals surface area contributed by atoms with Crippen LogP contribution in [0.1, 0.15) is 31.2 Å². The van der Waals surface area contributed by atoms with Gasteiger partial charge in [0, 0.05) is 6.54 Å². The molecule has 0 aromatic heterocycles. The zero-order valence-electron chi connectivity index (χ0n) is 11.0. The summed E-state index contributed by atoms with van der Waals surface area (Å²) >= 11 is 12.1. The second-order valence-electron chi connectivity index (χ2n) is 5.94. The average molecular weight is 299 g/mol. The minimum atomic E-state index is 0.473. The van der Waals surface area contributed by atoms with Gasteiger partial charge in [0.1, 0.15) is 0 Å². The SMILES string of the molecule is Nc1c(Cl)cc(CNCC(C2CC2)C2CC2)cc1Cl. The van der Waals surface area contributed by atoms with Gasteiger partial charge in [0.2, 0.25) is 0 Å². The normalized spacial score (nSPS) is 19.1. The van der Waals surface area contributed by atoms with Crippen molar-refractivity contribution < 1.29 is 0 Å². The summed E-state index contributed by atoms with van der Waals surface area (Å²) in [7, 11) is 0. The summed E-state index contributed by atoms with van der Waals surface area (Å²) in [4.78, 5) is 0. The van der Waals surface area contributed by atoms with Crippen LogP contribution in [0.3, 0.4) is 0 Å². The molecule has 2 nitrogen and oxygen atoms in total. The van der Waals surface area contributed by atoms with Gasteiger partial charge in [0.25, 0.3) is 0 Å². The van der Waals surface area contributed by atoms with E-state index in [1.165, 1.54) is 25.7 Å². The molecule has 0 unspecified atom stereocenters. The summed E-state index contributed by atoms with van der Waals surface area (Å²) in [5, 5.41) is 4.65. The van der Waals surface area contributed by atoms with Gasteiger partial charge in [-0.3, -0.25) is 0 Å². The van der Waals surface area contributed by atoms with E-state index in [2.05, 4.69) is 5.32 Å². The summed E-state index contributed by atoms with van der Waals surface area (Å²) in [6.45, 7) is 1.94. The number of hydrogen-bond donors (Lipinski definition) is 2. The third-order valence-electron chi connectivity index (χ3n) is 4.30. The van der Waals surface area contributed by atoms with E-state index in [9.17, 15) is 0 Å². The van der Waals surface area contributed by atoms with Crippen molar-refractivity contribution in [2.75, 3.05) is 12.3 Å². The van der Waals surface area contributed by atoms with Crippen molar-refractivity contribution >= 4 is 28.9 Å². The first-order valence-corrected chi connectivity index (χ1v) is 7.85. The summed E-state index contributed by atoms with van der Waals surface area (Å²) in [6, 6.07) is 3.80. The van der Waals surface area contributed by atoms with Gasteiger partial charge in [-0.1, -0.05) is 23.2 Å². The first-order valence-electron chi connectivity index (χ1n) is 7.09. The van der Waals surface area contributed by atoms with Crippen LogP contribution < -0.4 is 11.1 Å². The molecule has 0 amide bonds. The first-order chi connectivity index (χ1) is 9.15. The van der Waals surface area contributed by atoms with Gasteiger partial charge in [-0.15, -0.1) is 0 Å². The lowest BCUT2D eigenvalue weighted by Crippen LogP contribution is -2.25. The highest BCUT2D eigenvalue weighted by atomic mass is 35.5. The molecule has 19 heavy (non-hydrogen) atoms. The molecule has 1 aromatic rings. The Balaban J connectivity index is 1.54. The van der Waals surface area contributed by atoms with E-state index < -0.39 is 0 Å².